The van der Waals surface area contributed by atoms with Crippen molar-refractivity contribution in [3.05, 3.63) is 87.2 Å². The fourth-order valence-electron chi connectivity index (χ4n) is 5.04. The number of likely N-dealkylation sites (tertiary alicyclic amines) is 1. The Balaban J connectivity index is 1.44. The predicted molar refractivity (Wildman–Crippen MR) is 153 cm³/mol. The molecule has 1 unspecified atom stereocenters. The molecule has 2 aromatic rings. The van der Waals surface area contributed by atoms with Crippen molar-refractivity contribution in [3.8, 4) is 5.75 Å². The van der Waals surface area contributed by atoms with Crippen LogP contribution < -0.4 is 9.46 Å². The van der Waals surface area contributed by atoms with E-state index in [1.165, 1.54) is 17.7 Å². The van der Waals surface area contributed by atoms with E-state index in [4.69, 9.17) is 27.9 Å². The number of amides is 1. The lowest BCUT2D eigenvalue weighted by molar-refractivity contribution is 0.0120. The minimum atomic E-state index is -3.81. The molecule has 1 N–H and O–H groups in total. The van der Waals surface area contributed by atoms with Crippen LogP contribution in [-0.4, -0.2) is 45.2 Å². The van der Waals surface area contributed by atoms with Crippen LogP contribution >= 0.6 is 23.2 Å². The summed E-state index contributed by atoms with van der Waals surface area (Å²) in [4.78, 5) is 14.7. The van der Waals surface area contributed by atoms with Gasteiger partial charge in [-0.25, -0.2) is 17.5 Å². The second kappa shape index (κ2) is 12.4. The van der Waals surface area contributed by atoms with Crippen LogP contribution in [0.2, 0.25) is 0 Å². The molecule has 4 rings (SSSR count). The van der Waals surface area contributed by atoms with Crippen LogP contribution in [0.15, 0.2) is 64.7 Å². The number of allylic oxidation sites excluding steroid dienone is 3. The number of ether oxygens (including phenoxy) is 1. The van der Waals surface area contributed by atoms with Crippen molar-refractivity contribution in [2.24, 2.45) is 11.8 Å². The number of carbonyl (C=O) groups excluding carboxylic acids is 1. The first-order valence-electron chi connectivity index (χ1n) is 12.9. The van der Waals surface area contributed by atoms with E-state index in [0.717, 1.165) is 37.8 Å². The highest BCUT2D eigenvalue weighted by atomic mass is 35.5. The highest BCUT2D eigenvalue weighted by Crippen LogP contribution is 2.45. The Kier molecular flexibility index (Phi) is 9.42. The third kappa shape index (κ3) is 8.07. The van der Waals surface area contributed by atoms with Gasteiger partial charge < -0.3 is 4.74 Å². The maximum absolute atomic E-state index is 14.8. The van der Waals surface area contributed by atoms with E-state index in [1.54, 1.807) is 13.0 Å². The largest absolute Gasteiger partial charge is 0.493 e. The summed E-state index contributed by atoms with van der Waals surface area (Å²) < 4.78 is 45.6. The summed E-state index contributed by atoms with van der Waals surface area (Å²) in [5.74, 6) is -0.839. The summed E-state index contributed by atoms with van der Waals surface area (Å²) in [5.41, 5.74) is 1.64. The lowest BCUT2D eigenvalue weighted by Gasteiger charge is -2.46. The Labute approximate surface area is 239 Å². The Morgan fingerprint density at radius 2 is 1.87 bits per heavy atom. The van der Waals surface area contributed by atoms with Crippen molar-refractivity contribution in [1.82, 2.24) is 9.62 Å². The Morgan fingerprint density at radius 1 is 1.21 bits per heavy atom. The molecule has 210 valence electrons. The zero-order chi connectivity index (χ0) is 28.3. The summed E-state index contributed by atoms with van der Waals surface area (Å²) in [6.45, 7) is 5.93. The summed E-state index contributed by atoms with van der Waals surface area (Å²) in [7, 11) is -3.81. The number of benzene rings is 2. The quantitative estimate of drug-likeness (QED) is 0.307. The highest BCUT2D eigenvalue weighted by Gasteiger charge is 2.36. The average molecular weight is 596 g/mol. The molecule has 1 saturated heterocycles. The highest BCUT2D eigenvalue weighted by molar-refractivity contribution is 7.89. The smallest absolute Gasteiger partial charge is 0.267 e. The van der Waals surface area contributed by atoms with Gasteiger partial charge in [-0.1, -0.05) is 66.5 Å². The molecule has 0 aromatic heterocycles. The molecule has 0 radical (unpaired) electrons. The van der Waals surface area contributed by atoms with Gasteiger partial charge in [0.15, 0.2) is 0 Å². The predicted octanol–water partition coefficient (Wildman–Crippen LogP) is 6.35. The molecular formula is C29H33Cl2FN2O4S. The maximum atomic E-state index is 14.8. The number of halogens is 3. The van der Waals surface area contributed by atoms with E-state index in [1.807, 2.05) is 29.0 Å². The van der Waals surface area contributed by atoms with Crippen molar-refractivity contribution in [3.63, 3.8) is 0 Å². The second-order valence-electron chi connectivity index (χ2n) is 10.5. The molecule has 1 aliphatic carbocycles. The molecule has 39 heavy (non-hydrogen) atoms. The summed E-state index contributed by atoms with van der Waals surface area (Å²) in [6, 6.07) is 13.0. The monoisotopic (exact) mass is 594 g/mol. The first-order chi connectivity index (χ1) is 18.4. The molecule has 1 heterocycles. The van der Waals surface area contributed by atoms with Gasteiger partial charge in [-0.05, 0) is 54.9 Å². The molecular weight excluding hydrogens is 562 g/mol. The van der Waals surface area contributed by atoms with Gasteiger partial charge in [0.2, 0.25) is 10.0 Å². The van der Waals surface area contributed by atoms with Crippen LogP contribution in [0.3, 0.4) is 0 Å². The van der Waals surface area contributed by atoms with Gasteiger partial charge in [0.25, 0.3) is 5.91 Å². The van der Waals surface area contributed by atoms with E-state index >= 15 is 0 Å². The van der Waals surface area contributed by atoms with E-state index in [-0.39, 0.29) is 29.4 Å². The van der Waals surface area contributed by atoms with Gasteiger partial charge in [-0.15, -0.1) is 0 Å². The Bertz CT molecular complexity index is 1370. The molecule has 1 amide bonds. The van der Waals surface area contributed by atoms with Gasteiger partial charge in [-0.2, -0.15) is 0 Å². The minimum Gasteiger partial charge on any atom is -0.493 e. The zero-order valence-corrected chi connectivity index (χ0v) is 24.5. The molecule has 2 fully saturated rings. The van der Waals surface area contributed by atoms with Crippen LogP contribution in [0.4, 0.5) is 4.39 Å². The van der Waals surface area contributed by atoms with Crippen LogP contribution in [0.25, 0.3) is 0 Å². The van der Waals surface area contributed by atoms with E-state index < -0.39 is 21.7 Å². The number of nitrogens with one attached hydrogen (secondary N) is 1. The lowest BCUT2D eigenvalue weighted by atomic mass is 9.87. The number of carbonyl (C=O) groups is 1. The molecule has 2 aromatic carbocycles. The van der Waals surface area contributed by atoms with Crippen molar-refractivity contribution in [2.45, 2.75) is 38.6 Å². The SMILES string of the molecule is C/C(Cl)=C\C(Cl)=C/C(C)[C@@H](c1ccccc1)N1CC(COc2cc(F)c(C(=O)NS(C)(=O)=O)cc2C2CC2)C1. The molecule has 0 spiro atoms. The first kappa shape index (κ1) is 29.6. The lowest BCUT2D eigenvalue weighted by Crippen LogP contribution is -2.51. The van der Waals surface area contributed by atoms with E-state index in [0.29, 0.717) is 22.4 Å². The number of hydrogen-bond donors (Lipinski definition) is 1. The van der Waals surface area contributed by atoms with Crippen LogP contribution in [-0.2, 0) is 10.0 Å². The maximum Gasteiger partial charge on any atom is 0.267 e. The average Bonchev–Trinajstić information content (AvgIpc) is 3.64. The summed E-state index contributed by atoms with van der Waals surface area (Å²) >= 11 is 12.4. The second-order valence-corrected chi connectivity index (χ2v) is 13.3. The fraction of sp³-hybridized carbons (Fsp3) is 0.414. The minimum absolute atomic E-state index is 0.118. The Morgan fingerprint density at radius 3 is 2.46 bits per heavy atom. The van der Waals surface area contributed by atoms with E-state index in [2.05, 4.69) is 24.0 Å². The van der Waals surface area contributed by atoms with Crippen molar-refractivity contribution in [1.29, 1.82) is 0 Å². The molecule has 2 aliphatic rings. The topological polar surface area (TPSA) is 75.7 Å². The third-order valence-electron chi connectivity index (χ3n) is 6.89. The normalized spacial score (nSPS) is 18.8. The van der Waals surface area contributed by atoms with Crippen molar-refractivity contribution >= 4 is 39.1 Å². The van der Waals surface area contributed by atoms with Crippen molar-refractivity contribution < 1.29 is 22.3 Å². The summed E-state index contributed by atoms with van der Waals surface area (Å²) in [5, 5.41) is 1.21. The molecule has 1 saturated carbocycles. The third-order valence-corrected chi connectivity index (χ3v) is 7.79. The number of rotatable bonds is 11. The zero-order valence-electron chi connectivity index (χ0n) is 22.2. The van der Waals surface area contributed by atoms with Crippen molar-refractivity contribution in [2.75, 3.05) is 26.0 Å². The van der Waals surface area contributed by atoms with Gasteiger partial charge in [0.1, 0.15) is 11.6 Å². The van der Waals surface area contributed by atoms with Crippen LogP contribution in [0, 0.1) is 17.7 Å². The number of sulfonamides is 1. The molecule has 10 heteroatoms. The molecule has 2 atom stereocenters. The van der Waals surface area contributed by atoms with Crippen LogP contribution in [0.5, 0.6) is 5.75 Å². The van der Waals surface area contributed by atoms with E-state index in [9.17, 15) is 17.6 Å². The Hall–Kier alpha value is -2.39. The van der Waals surface area contributed by atoms with Gasteiger partial charge >= 0.3 is 0 Å². The standard InChI is InChI=1S/C29H33Cl2FN2O4S/c1-18(11-23(31)12-19(2)30)28(22-7-5-4-6-8-22)34-15-20(16-34)17-38-27-14-26(32)25(13-24(27)21-9-10-21)29(35)33-39(3,36)37/h4-8,11-14,18,20-21,28H,9-10,15-17H2,1-3H3,(H,33,35)/b19-12+,23-11+/t18?,28-/m0/s1. The molecule has 1 aliphatic heterocycles. The van der Waals surface area contributed by atoms with Crippen LogP contribution in [0.1, 0.15) is 60.1 Å². The van der Waals surface area contributed by atoms with Gasteiger partial charge in [0.05, 0.1) is 18.4 Å². The number of nitrogens with zero attached hydrogens (tertiary/aromatic N) is 1. The number of hydrogen-bond acceptors (Lipinski definition) is 5. The molecule has 0 bridgehead atoms. The fourth-order valence-corrected chi connectivity index (χ4v) is 6.02. The first-order valence-corrected chi connectivity index (χ1v) is 15.5. The van der Waals surface area contributed by atoms with Gasteiger partial charge in [0, 0.05) is 41.2 Å². The van der Waals surface area contributed by atoms with Gasteiger partial charge in [-0.3, -0.25) is 9.69 Å². The molecule has 6 nitrogen and oxygen atoms in total. The summed E-state index contributed by atoms with van der Waals surface area (Å²) in [6.07, 6.45) is 6.44.